The van der Waals surface area contributed by atoms with E-state index in [1.165, 1.54) is 12.8 Å². The molecule has 0 amide bonds. The van der Waals surface area contributed by atoms with Crippen LogP contribution in [0.4, 0.5) is 0 Å². The van der Waals surface area contributed by atoms with E-state index in [0.717, 1.165) is 29.4 Å². The summed E-state index contributed by atoms with van der Waals surface area (Å²) in [6.45, 7) is 2.03. The number of aromatic nitrogens is 2. The normalized spacial score (nSPS) is 13.4. The van der Waals surface area contributed by atoms with Crippen LogP contribution < -0.4 is 15.4 Å². The van der Waals surface area contributed by atoms with E-state index in [0.29, 0.717) is 42.2 Å². The molecule has 2 N–H and O–H groups in total. The van der Waals surface area contributed by atoms with Crippen LogP contribution in [0, 0.1) is 5.92 Å². The average molecular weight is 568 g/mol. The van der Waals surface area contributed by atoms with Crippen molar-refractivity contribution < 1.29 is 9.26 Å². The van der Waals surface area contributed by atoms with E-state index >= 15 is 0 Å². The average Bonchev–Trinajstić information content (AvgIpc) is 3.50. The summed E-state index contributed by atoms with van der Waals surface area (Å²) in [5, 5.41) is 11.3. The van der Waals surface area contributed by atoms with Crippen LogP contribution in [0.15, 0.2) is 58.0 Å². The van der Waals surface area contributed by atoms with Gasteiger partial charge in [0, 0.05) is 42.7 Å². The smallest absolute Gasteiger partial charge is 0.228 e. The van der Waals surface area contributed by atoms with Crippen LogP contribution in [0.5, 0.6) is 5.75 Å². The Morgan fingerprint density at radius 3 is 2.81 bits per heavy atom. The van der Waals surface area contributed by atoms with Crippen molar-refractivity contribution in [2.24, 2.45) is 10.9 Å². The van der Waals surface area contributed by atoms with Crippen LogP contribution >= 0.6 is 35.6 Å². The van der Waals surface area contributed by atoms with E-state index in [-0.39, 0.29) is 24.0 Å². The molecule has 7 nitrogen and oxygen atoms in total. The Labute approximate surface area is 210 Å². The fourth-order valence-electron chi connectivity index (χ4n) is 3.07. The lowest BCUT2D eigenvalue weighted by Crippen LogP contribution is -2.38. The van der Waals surface area contributed by atoms with Gasteiger partial charge in [0.15, 0.2) is 5.96 Å². The van der Waals surface area contributed by atoms with Crippen molar-refractivity contribution in [3.63, 3.8) is 0 Å². The second-order valence-corrected chi connectivity index (χ2v) is 7.92. The van der Waals surface area contributed by atoms with E-state index in [9.17, 15) is 0 Å². The predicted molar refractivity (Wildman–Crippen MR) is 137 cm³/mol. The summed E-state index contributed by atoms with van der Waals surface area (Å²) >= 11 is 6.03. The van der Waals surface area contributed by atoms with Crippen LogP contribution in [0.1, 0.15) is 24.3 Å². The molecule has 0 aliphatic heterocycles. The minimum Gasteiger partial charge on any atom is -0.493 e. The third-order valence-electron chi connectivity index (χ3n) is 5.00. The van der Waals surface area contributed by atoms with Crippen molar-refractivity contribution >= 4 is 41.5 Å². The summed E-state index contributed by atoms with van der Waals surface area (Å²) in [6, 6.07) is 15.5. The summed E-state index contributed by atoms with van der Waals surface area (Å²) in [5.41, 5.74) is 1.93. The SMILES string of the molecule is CN=C(NCCc1nc(-c2cccc(Cl)c2)no1)NCc1ccccc1OCC1CC1.I. The number of hydrogen-bond acceptors (Lipinski definition) is 5. The van der Waals surface area contributed by atoms with Gasteiger partial charge in [0.25, 0.3) is 0 Å². The maximum Gasteiger partial charge on any atom is 0.228 e. The Morgan fingerprint density at radius 2 is 2.03 bits per heavy atom. The van der Waals surface area contributed by atoms with Gasteiger partial charge in [0.05, 0.1) is 6.61 Å². The Bertz CT molecular complexity index is 1040. The lowest BCUT2D eigenvalue weighted by molar-refractivity contribution is 0.296. The Balaban J connectivity index is 0.00000289. The van der Waals surface area contributed by atoms with Gasteiger partial charge in [0.1, 0.15) is 5.75 Å². The van der Waals surface area contributed by atoms with E-state index in [1.807, 2.05) is 42.5 Å². The number of aliphatic imine (C=N–C) groups is 1. The number of nitrogens with one attached hydrogen (secondary N) is 2. The molecule has 32 heavy (non-hydrogen) atoms. The van der Waals surface area contributed by atoms with Crippen molar-refractivity contribution in [1.29, 1.82) is 0 Å². The number of ether oxygens (including phenoxy) is 1. The molecule has 3 aromatic rings. The van der Waals surface area contributed by atoms with E-state index in [1.54, 1.807) is 7.05 Å². The third-order valence-corrected chi connectivity index (χ3v) is 5.23. The van der Waals surface area contributed by atoms with E-state index in [2.05, 4.69) is 31.8 Å². The lowest BCUT2D eigenvalue weighted by atomic mass is 10.2. The summed E-state index contributed by atoms with van der Waals surface area (Å²) in [6.07, 6.45) is 3.13. The van der Waals surface area contributed by atoms with Crippen LogP contribution in [0.2, 0.25) is 5.02 Å². The molecule has 2 aromatic carbocycles. The first kappa shape index (κ1) is 24.3. The molecule has 1 saturated carbocycles. The van der Waals surface area contributed by atoms with E-state index < -0.39 is 0 Å². The van der Waals surface area contributed by atoms with Crippen molar-refractivity contribution in [2.75, 3.05) is 20.2 Å². The zero-order valence-electron chi connectivity index (χ0n) is 17.9. The summed E-state index contributed by atoms with van der Waals surface area (Å²) in [4.78, 5) is 8.72. The van der Waals surface area contributed by atoms with Gasteiger partial charge >= 0.3 is 0 Å². The Hall–Kier alpha value is -2.33. The van der Waals surface area contributed by atoms with Gasteiger partial charge in [-0.15, -0.1) is 24.0 Å². The van der Waals surface area contributed by atoms with Crippen LogP contribution in [0.3, 0.4) is 0 Å². The fraction of sp³-hybridized carbons (Fsp3) is 0.348. The van der Waals surface area contributed by atoms with Crippen LogP contribution in [-0.2, 0) is 13.0 Å². The van der Waals surface area contributed by atoms with Crippen LogP contribution in [0.25, 0.3) is 11.4 Å². The van der Waals surface area contributed by atoms with Gasteiger partial charge in [-0.3, -0.25) is 4.99 Å². The standard InChI is InChI=1S/C23H26ClN5O2.HI/c1-25-23(27-14-18-5-2-3-8-20(18)30-15-16-9-10-16)26-12-11-21-28-22(29-31-21)17-6-4-7-19(24)13-17;/h2-8,13,16H,9-12,14-15H2,1H3,(H2,25,26,27);1H. The zero-order valence-corrected chi connectivity index (χ0v) is 21.0. The number of benzene rings is 2. The summed E-state index contributed by atoms with van der Waals surface area (Å²) in [5.74, 6) is 3.43. The van der Waals surface area contributed by atoms with Gasteiger partial charge in [-0.2, -0.15) is 4.98 Å². The molecule has 1 aliphatic rings. The zero-order chi connectivity index (χ0) is 21.5. The molecule has 1 fully saturated rings. The lowest BCUT2D eigenvalue weighted by Gasteiger charge is -2.14. The molecule has 0 bridgehead atoms. The second-order valence-electron chi connectivity index (χ2n) is 7.49. The first-order chi connectivity index (χ1) is 15.2. The molecular formula is C23H27ClIN5O2. The van der Waals surface area contributed by atoms with Crippen molar-refractivity contribution in [1.82, 2.24) is 20.8 Å². The van der Waals surface area contributed by atoms with Crippen molar-refractivity contribution in [3.05, 3.63) is 65.0 Å². The molecule has 0 radical (unpaired) electrons. The first-order valence-electron chi connectivity index (χ1n) is 10.4. The molecule has 0 spiro atoms. The number of halogens is 2. The van der Waals surface area contributed by atoms with Crippen molar-refractivity contribution in [2.45, 2.75) is 25.8 Å². The van der Waals surface area contributed by atoms with Crippen molar-refractivity contribution in [3.8, 4) is 17.1 Å². The summed E-state index contributed by atoms with van der Waals surface area (Å²) < 4.78 is 11.3. The molecule has 0 atom stereocenters. The topological polar surface area (TPSA) is 84.6 Å². The number of hydrogen-bond donors (Lipinski definition) is 2. The molecule has 170 valence electrons. The van der Waals surface area contributed by atoms with Gasteiger partial charge in [0.2, 0.25) is 11.7 Å². The predicted octanol–water partition coefficient (Wildman–Crippen LogP) is 4.70. The molecule has 9 heteroatoms. The van der Waals surface area contributed by atoms with Crippen LogP contribution in [-0.4, -0.2) is 36.3 Å². The first-order valence-corrected chi connectivity index (χ1v) is 10.8. The molecular weight excluding hydrogens is 541 g/mol. The molecule has 0 unspecified atom stereocenters. The highest BCUT2D eigenvalue weighted by atomic mass is 127. The van der Waals surface area contributed by atoms with Gasteiger partial charge < -0.3 is 19.9 Å². The minimum absolute atomic E-state index is 0. The number of rotatable bonds is 9. The molecule has 1 aliphatic carbocycles. The number of nitrogens with zero attached hydrogens (tertiary/aromatic N) is 3. The second kappa shape index (κ2) is 12.1. The van der Waals surface area contributed by atoms with Gasteiger partial charge in [-0.25, -0.2) is 0 Å². The molecule has 4 rings (SSSR count). The molecule has 0 saturated heterocycles. The minimum atomic E-state index is 0. The fourth-order valence-corrected chi connectivity index (χ4v) is 3.26. The molecule has 1 heterocycles. The molecule has 1 aromatic heterocycles. The third kappa shape index (κ3) is 7.09. The Kier molecular flexibility index (Phi) is 9.16. The van der Waals surface area contributed by atoms with E-state index in [4.69, 9.17) is 20.9 Å². The quantitative estimate of drug-likeness (QED) is 0.221. The van der Waals surface area contributed by atoms with Gasteiger partial charge in [-0.1, -0.05) is 47.1 Å². The van der Waals surface area contributed by atoms with Gasteiger partial charge in [-0.05, 0) is 37.0 Å². The number of guanidine groups is 1. The largest absolute Gasteiger partial charge is 0.493 e. The Morgan fingerprint density at radius 1 is 1.19 bits per heavy atom. The highest BCUT2D eigenvalue weighted by molar-refractivity contribution is 14.0. The maximum atomic E-state index is 6.03. The highest BCUT2D eigenvalue weighted by Crippen LogP contribution is 2.30. The highest BCUT2D eigenvalue weighted by Gasteiger charge is 2.22. The monoisotopic (exact) mass is 567 g/mol. The summed E-state index contributed by atoms with van der Waals surface area (Å²) in [7, 11) is 1.74. The maximum absolute atomic E-state index is 6.03. The number of para-hydroxylation sites is 1.